The summed E-state index contributed by atoms with van der Waals surface area (Å²) in [5.41, 5.74) is 5.21. The molecule has 6 nitrogen and oxygen atoms in total. The zero-order valence-electron chi connectivity index (χ0n) is 14.3. The Kier molecular flexibility index (Phi) is 4.14. The number of anilines is 2. The summed E-state index contributed by atoms with van der Waals surface area (Å²) >= 11 is 1.51. The fourth-order valence-electron chi connectivity index (χ4n) is 2.72. The fraction of sp³-hybridized carbons (Fsp3) is 0.105. The normalized spacial score (nSPS) is 10.8. The van der Waals surface area contributed by atoms with Crippen molar-refractivity contribution in [3.63, 3.8) is 0 Å². The summed E-state index contributed by atoms with van der Waals surface area (Å²) in [5, 5.41) is 5.98. The van der Waals surface area contributed by atoms with E-state index < -0.39 is 0 Å². The van der Waals surface area contributed by atoms with E-state index in [2.05, 4.69) is 15.3 Å². The van der Waals surface area contributed by atoms with Crippen LogP contribution >= 0.6 is 11.3 Å². The predicted molar refractivity (Wildman–Crippen MR) is 103 cm³/mol. The molecule has 0 spiro atoms. The maximum absolute atomic E-state index is 11.6. The number of ether oxygens (including phenoxy) is 1. The molecule has 0 bridgehead atoms. The lowest BCUT2D eigenvalue weighted by molar-refractivity contribution is 0.0601. The molecular formula is C19H16N4O2S. The molecule has 26 heavy (non-hydrogen) atoms. The molecule has 0 saturated carbocycles. The van der Waals surface area contributed by atoms with E-state index >= 15 is 0 Å². The quantitative estimate of drug-likeness (QED) is 0.549. The predicted octanol–water partition coefficient (Wildman–Crippen LogP) is 4.23. The smallest absolute Gasteiger partial charge is 0.337 e. The SMILES string of the molecule is COC(=O)c1cccc(Nc2nc(-c3ccc4c(c3)ncn4C)cs2)c1. The number of benzene rings is 2. The number of nitrogens with one attached hydrogen (secondary N) is 1. The van der Waals surface area contributed by atoms with Gasteiger partial charge in [0, 0.05) is 23.7 Å². The van der Waals surface area contributed by atoms with Gasteiger partial charge in [-0.2, -0.15) is 0 Å². The molecule has 0 unspecified atom stereocenters. The summed E-state index contributed by atoms with van der Waals surface area (Å²) in [5.74, 6) is -0.364. The number of thiazole rings is 1. The Morgan fingerprint density at radius 3 is 2.96 bits per heavy atom. The number of carbonyl (C=O) groups is 1. The number of esters is 1. The lowest BCUT2D eigenvalue weighted by Gasteiger charge is -2.04. The van der Waals surface area contributed by atoms with Gasteiger partial charge in [-0.15, -0.1) is 11.3 Å². The lowest BCUT2D eigenvalue weighted by Crippen LogP contribution is -2.01. The van der Waals surface area contributed by atoms with E-state index in [0.717, 1.165) is 33.1 Å². The Morgan fingerprint density at radius 2 is 2.12 bits per heavy atom. The van der Waals surface area contributed by atoms with E-state index in [4.69, 9.17) is 4.74 Å². The number of aromatic nitrogens is 3. The van der Waals surface area contributed by atoms with E-state index in [1.165, 1.54) is 18.4 Å². The van der Waals surface area contributed by atoms with Crippen LogP contribution in [0, 0.1) is 0 Å². The highest BCUT2D eigenvalue weighted by Gasteiger charge is 2.09. The molecule has 0 aliphatic heterocycles. The second kappa shape index (κ2) is 6.61. The van der Waals surface area contributed by atoms with Gasteiger partial charge in [0.2, 0.25) is 0 Å². The highest BCUT2D eigenvalue weighted by atomic mass is 32.1. The first-order valence-corrected chi connectivity index (χ1v) is 8.84. The van der Waals surface area contributed by atoms with Crippen LogP contribution in [0.5, 0.6) is 0 Å². The van der Waals surface area contributed by atoms with Gasteiger partial charge in [0.1, 0.15) is 0 Å². The molecule has 2 aromatic heterocycles. The van der Waals surface area contributed by atoms with Crippen LogP contribution in [0.2, 0.25) is 0 Å². The van der Waals surface area contributed by atoms with Gasteiger partial charge >= 0.3 is 5.97 Å². The first-order chi connectivity index (χ1) is 12.6. The van der Waals surface area contributed by atoms with Crippen molar-refractivity contribution in [1.29, 1.82) is 0 Å². The minimum atomic E-state index is -0.364. The van der Waals surface area contributed by atoms with Crippen molar-refractivity contribution in [2.24, 2.45) is 7.05 Å². The van der Waals surface area contributed by atoms with Crippen LogP contribution < -0.4 is 5.32 Å². The Morgan fingerprint density at radius 1 is 1.23 bits per heavy atom. The highest BCUT2D eigenvalue weighted by Crippen LogP contribution is 2.29. The van der Waals surface area contributed by atoms with Crippen LogP contribution in [0.25, 0.3) is 22.3 Å². The van der Waals surface area contributed by atoms with Crippen LogP contribution in [-0.4, -0.2) is 27.6 Å². The van der Waals surface area contributed by atoms with Gasteiger partial charge in [-0.1, -0.05) is 12.1 Å². The largest absolute Gasteiger partial charge is 0.465 e. The molecule has 1 N–H and O–H groups in total. The van der Waals surface area contributed by atoms with Gasteiger partial charge in [-0.3, -0.25) is 0 Å². The molecule has 0 radical (unpaired) electrons. The molecule has 0 aliphatic carbocycles. The monoisotopic (exact) mass is 364 g/mol. The molecule has 2 aromatic carbocycles. The number of hydrogen-bond donors (Lipinski definition) is 1. The average Bonchev–Trinajstić information content (AvgIpc) is 3.28. The van der Waals surface area contributed by atoms with Gasteiger partial charge < -0.3 is 14.6 Å². The second-order valence-electron chi connectivity index (χ2n) is 5.79. The van der Waals surface area contributed by atoms with Crippen molar-refractivity contribution in [3.05, 3.63) is 59.7 Å². The summed E-state index contributed by atoms with van der Waals surface area (Å²) in [4.78, 5) is 20.7. The third-order valence-corrected chi connectivity index (χ3v) is 4.82. The molecule has 0 fully saturated rings. The molecule has 7 heteroatoms. The third-order valence-electron chi connectivity index (χ3n) is 4.06. The summed E-state index contributed by atoms with van der Waals surface area (Å²) in [6, 6.07) is 13.3. The molecule has 4 aromatic rings. The molecule has 0 amide bonds. The second-order valence-corrected chi connectivity index (χ2v) is 6.65. The van der Waals surface area contributed by atoms with E-state index in [1.54, 1.807) is 24.5 Å². The first-order valence-electron chi connectivity index (χ1n) is 7.96. The van der Waals surface area contributed by atoms with Crippen molar-refractivity contribution in [2.75, 3.05) is 12.4 Å². The number of aryl methyl sites for hydroxylation is 1. The van der Waals surface area contributed by atoms with Crippen molar-refractivity contribution in [1.82, 2.24) is 14.5 Å². The van der Waals surface area contributed by atoms with Crippen LogP contribution in [0.15, 0.2) is 54.2 Å². The van der Waals surface area contributed by atoms with E-state index in [9.17, 15) is 4.79 Å². The maximum atomic E-state index is 11.6. The van der Waals surface area contributed by atoms with E-state index in [0.29, 0.717) is 5.56 Å². The minimum absolute atomic E-state index is 0.364. The van der Waals surface area contributed by atoms with E-state index in [1.807, 2.05) is 41.3 Å². The fourth-order valence-corrected chi connectivity index (χ4v) is 3.46. The molecule has 2 heterocycles. The minimum Gasteiger partial charge on any atom is -0.465 e. The number of fused-ring (bicyclic) bond motifs is 1. The Labute approximate surface area is 154 Å². The summed E-state index contributed by atoms with van der Waals surface area (Å²) < 4.78 is 6.74. The Balaban J connectivity index is 1.58. The molecule has 0 atom stereocenters. The summed E-state index contributed by atoms with van der Waals surface area (Å²) in [6.07, 6.45) is 1.80. The number of carbonyl (C=O) groups excluding carboxylic acids is 1. The van der Waals surface area contributed by atoms with Gasteiger partial charge in [0.15, 0.2) is 5.13 Å². The summed E-state index contributed by atoms with van der Waals surface area (Å²) in [6.45, 7) is 0. The van der Waals surface area contributed by atoms with E-state index in [-0.39, 0.29) is 5.97 Å². The third kappa shape index (κ3) is 3.04. The number of methoxy groups -OCH3 is 1. The topological polar surface area (TPSA) is 69.0 Å². The van der Waals surface area contributed by atoms with Crippen LogP contribution in [-0.2, 0) is 11.8 Å². The number of hydrogen-bond acceptors (Lipinski definition) is 6. The number of rotatable bonds is 4. The van der Waals surface area contributed by atoms with Crippen molar-refractivity contribution >= 4 is 39.2 Å². The summed E-state index contributed by atoms with van der Waals surface area (Å²) in [7, 11) is 3.34. The van der Waals surface area contributed by atoms with Crippen LogP contribution in [0.3, 0.4) is 0 Å². The molecule has 4 rings (SSSR count). The van der Waals surface area contributed by atoms with Gasteiger partial charge in [0.25, 0.3) is 0 Å². The zero-order valence-corrected chi connectivity index (χ0v) is 15.1. The first kappa shape index (κ1) is 16.3. The lowest BCUT2D eigenvalue weighted by atomic mass is 10.1. The Bertz CT molecular complexity index is 1100. The number of imidazole rings is 1. The van der Waals surface area contributed by atoms with Gasteiger partial charge in [-0.05, 0) is 30.3 Å². The van der Waals surface area contributed by atoms with Crippen molar-refractivity contribution in [3.8, 4) is 11.3 Å². The van der Waals surface area contributed by atoms with Crippen LogP contribution in [0.4, 0.5) is 10.8 Å². The maximum Gasteiger partial charge on any atom is 0.337 e. The van der Waals surface area contributed by atoms with Crippen LogP contribution in [0.1, 0.15) is 10.4 Å². The average molecular weight is 364 g/mol. The molecule has 0 aliphatic rings. The van der Waals surface area contributed by atoms with Crippen molar-refractivity contribution < 1.29 is 9.53 Å². The standard InChI is InChI=1S/C19H16N4O2S/c1-23-11-20-15-9-12(6-7-17(15)23)16-10-26-19(22-16)21-14-5-3-4-13(8-14)18(24)25-2/h3-11H,1-2H3,(H,21,22). The zero-order chi connectivity index (χ0) is 18.1. The number of nitrogens with zero attached hydrogens (tertiary/aromatic N) is 3. The van der Waals surface area contributed by atoms with Gasteiger partial charge in [0.05, 0.1) is 35.7 Å². The van der Waals surface area contributed by atoms with Gasteiger partial charge in [-0.25, -0.2) is 14.8 Å². The molecular weight excluding hydrogens is 348 g/mol. The Hall–Kier alpha value is -3.19. The van der Waals surface area contributed by atoms with Crippen molar-refractivity contribution in [2.45, 2.75) is 0 Å². The highest BCUT2D eigenvalue weighted by molar-refractivity contribution is 7.14. The molecule has 0 saturated heterocycles. The molecule has 130 valence electrons.